The number of hydrogen-bond donors (Lipinski definition) is 0. The number of rotatable bonds is 6. The van der Waals surface area contributed by atoms with Gasteiger partial charge in [-0.2, -0.15) is 13.2 Å². The molecule has 0 spiro atoms. The lowest BCUT2D eigenvalue weighted by Crippen LogP contribution is -2.41. The van der Waals surface area contributed by atoms with Crippen LogP contribution in [0.5, 0.6) is 5.75 Å². The Labute approximate surface area is 187 Å². The predicted octanol–water partition coefficient (Wildman–Crippen LogP) is 4.80. The molecule has 4 rings (SSSR count). The Balaban J connectivity index is 1.34. The van der Waals surface area contributed by atoms with Crippen LogP contribution in [0.2, 0.25) is 0 Å². The number of likely N-dealkylation sites (tertiary alicyclic amines) is 1. The molecule has 3 aromatic rings. The molecule has 0 unspecified atom stereocenters. The van der Waals surface area contributed by atoms with Crippen LogP contribution in [0.3, 0.4) is 0 Å². The highest BCUT2D eigenvalue weighted by atomic mass is 19.4. The Morgan fingerprint density at radius 2 is 1.82 bits per heavy atom. The number of ketones is 1. The molecule has 0 bridgehead atoms. The molecule has 0 N–H and O–H groups in total. The van der Waals surface area contributed by atoms with Gasteiger partial charge in [0.25, 0.3) is 5.91 Å². The van der Waals surface area contributed by atoms with Gasteiger partial charge >= 0.3 is 6.18 Å². The molecule has 1 saturated heterocycles. The first-order valence-electron chi connectivity index (χ1n) is 10.5. The number of carbonyl (C=O) groups is 2. The zero-order valence-corrected chi connectivity index (χ0v) is 17.5. The summed E-state index contributed by atoms with van der Waals surface area (Å²) in [6.45, 7) is 1.02. The van der Waals surface area contributed by atoms with E-state index in [0.717, 1.165) is 12.1 Å². The van der Waals surface area contributed by atoms with Gasteiger partial charge in [-0.25, -0.2) is 0 Å². The Kier molecular flexibility index (Phi) is 6.48. The molecule has 2 aromatic carbocycles. The third-order valence-corrected chi connectivity index (χ3v) is 5.46. The van der Waals surface area contributed by atoms with E-state index in [1.54, 1.807) is 29.2 Å². The summed E-state index contributed by atoms with van der Waals surface area (Å²) in [7, 11) is 0. The fourth-order valence-electron chi connectivity index (χ4n) is 3.74. The molecule has 0 radical (unpaired) electrons. The van der Waals surface area contributed by atoms with Gasteiger partial charge < -0.3 is 14.2 Å². The summed E-state index contributed by atoms with van der Waals surface area (Å²) < 4.78 is 49.7. The summed E-state index contributed by atoms with van der Waals surface area (Å²) in [5, 5.41) is 3.55. The molecule has 33 heavy (non-hydrogen) atoms. The van der Waals surface area contributed by atoms with Crippen molar-refractivity contribution in [1.82, 2.24) is 10.1 Å². The monoisotopic (exact) mass is 458 g/mol. The topological polar surface area (TPSA) is 72.6 Å². The van der Waals surface area contributed by atoms with Crippen molar-refractivity contribution in [2.75, 3.05) is 13.1 Å². The minimum Gasteiger partial charge on any atom is -0.490 e. The SMILES string of the molecule is O=C(Cc1cccc(OC2CCN(C(=O)c3ccno3)CC2)c1)c1cccc(C(F)(F)F)c1. The number of aromatic nitrogens is 1. The number of nitrogens with zero attached hydrogens (tertiary/aromatic N) is 2. The number of ether oxygens (including phenoxy) is 1. The average molecular weight is 458 g/mol. The maximum absolute atomic E-state index is 12.9. The molecular weight excluding hydrogens is 437 g/mol. The maximum Gasteiger partial charge on any atom is 0.416 e. The maximum atomic E-state index is 12.9. The second kappa shape index (κ2) is 9.48. The van der Waals surface area contributed by atoms with Gasteiger partial charge in [0.15, 0.2) is 5.78 Å². The van der Waals surface area contributed by atoms with E-state index in [-0.39, 0.29) is 29.8 Å². The Bertz CT molecular complexity index is 1120. The first kappa shape index (κ1) is 22.6. The summed E-state index contributed by atoms with van der Waals surface area (Å²) in [5.74, 6) is 0.162. The van der Waals surface area contributed by atoms with E-state index in [0.29, 0.717) is 37.2 Å². The van der Waals surface area contributed by atoms with E-state index < -0.39 is 17.5 Å². The predicted molar refractivity (Wildman–Crippen MR) is 112 cm³/mol. The number of hydrogen-bond acceptors (Lipinski definition) is 5. The third kappa shape index (κ3) is 5.60. The number of piperidine rings is 1. The fourth-order valence-corrected chi connectivity index (χ4v) is 3.74. The molecule has 1 aliphatic heterocycles. The molecule has 1 aliphatic rings. The van der Waals surface area contributed by atoms with Gasteiger partial charge in [0.2, 0.25) is 5.76 Å². The van der Waals surface area contributed by atoms with Gasteiger partial charge in [0.1, 0.15) is 11.9 Å². The van der Waals surface area contributed by atoms with Crippen LogP contribution in [0.25, 0.3) is 0 Å². The number of Topliss-reactive ketones (excluding diaryl/α,β-unsaturated/α-hetero) is 1. The van der Waals surface area contributed by atoms with Crippen molar-refractivity contribution < 1.29 is 32.0 Å². The highest BCUT2D eigenvalue weighted by Gasteiger charge is 2.31. The Hall–Kier alpha value is -3.62. The Morgan fingerprint density at radius 1 is 1.06 bits per heavy atom. The standard InChI is InChI=1S/C24H21F3N2O4/c25-24(26,27)18-5-2-4-17(15-18)21(30)14-16-3-1-6-20(13-16)32-19-8-11-29(12-9-19)23(31)22-7-10-28-33-22/h1-7,10,13,15,19H,8-9,11-12,14H2. The van der Waals surface area contributed by atoms with Crippen LogP contribution >= 0.6 is 0 Å². The lowest BCUT2D eigenvalue weighted by Gasteiger charge is -2.31. The number of halogens is 3. The van der Waals surface area contributed by atoms with Gasteiger partial charge in [0, 0.05) is 44.0 Å². The van der Waals surface area contributed by atoms with Gasteiger partial charge in [-0.3, -0.25) is 9.59 Å². The van der Waals surface area contributed by atoms with Crippen molar-refractivity contribution in [3.05, 3.63) is 83.2 Å². The van der Waals surface area contributed by atoms with E-state index in [1.807, 2.05) is 0 Å². The minimum absolute atomic E-state index is 0.0138. The summed E-state index contributed by atoms with van der Waals surface area (Å²) in [6, 6.07) is 12.9. The normalized spacial score (nSPS) is 14.8. The molecule has 1 fully saturated rings. The molecule has 0 atom stereocenters. The first-order valence-corrected chi connectivity index (χ1v) is 10.5. The van der Waals surface area contributed by atoms with Crippen LogP contribution in [0.1, 0.15) is 44.9 Å². The number of carbonyl (C=O) groups excluding carboxylic acids is 2. The molecule has 0 saturated carbocycles. The minimum atomic E-state index is -4.50. The molecule has 6 nitrogen and oxygen atoms in total. The zero-order chi connectivity index (χ0) is 23.4. The molecule has 9 heteroatoms. The lowest BCUT2D eigenvalue weighted by molar-refractivity contribution is -0.137. The van der Waals surface area contributed by atoms with Crippen LogP contribution in [0.4, 0.5) is 13.2 Å². The van der Waals surface area contributed by atoms with Crippen molar-refractivity contribution >= 4 is 11.7 Å². The second-order valence-electron chi connectivity index (χ2n) is 7.81. The van der Waals surface area contributed by atoms with Crippen LogP contribution in [0.15, 0.2) is 65.3 Å². The number of benzene rings is 2. The summed E-state index contributed by atoms with van der Waals surface area (Å²) in [4.78, 5) is 26.5. The van der Waals surface area contributed by atoms with Gasteiger partial charge in [-0.1, -0.05) is 29.4 Å². The van der Waals surface area contributed by atoms with Gasteiger partial charge in [-0.05, 0) is 29.8 Å². The fraction of sp³-hybridized carbons (Fsp3) is 0.292. The van der Waals surface area contributed by atoms with Crippen LogP contribution in [-0.4, -0.2) is 40.9 Å². The molecule has 0 aliphatic carbocycles. The van der Waals surface area contributed by atoms with Gasteiger partial charge in [-0.15, -0.1) is 0 Å². The summed E-state index contributed by atoms with van der Waals surface area (Å²) in [6.07, 6.45) is -1.95. The quantitative estimate of drug-likeness (QED) is 0.496. The molecule has 2 heterocycles. The molecule has 1 amide bonds. The smallest absolute Gasteiger partial charge is 0.416 e. The van der Waals surface area contributed by atoms with Crippen LogP contribution < -0.4 is 4.74 Å². The number of alkyl halides is 3. The van der Waals surface area contributed by atoms with Crippen molar-refractivity contribution in [1.29, 1.82) is 0 Å². The van der Waals surface area contributed by atoms with Crippen LogP contribution in [-0.2, 0) is 12.6 Å². The van der Waals surface area contributed by atoms with Crippen molar-refractivity contribution in [3.63, 3.8) is 0 Å². The second-order valence-corrected chi connectivity index (χ2v) is 7.81. The largest absolute Gasteiger partial charge is 0.490 e. The lowest BCUT2D eigenvalue weighted by atomic mass is 10.0. The third-order valence-electron chi connectivity index (χ3n) is 5.46. The van der Waals surface area contributed by atoms with Crippen molar-refractivity contribution in [3.8, 4) is 5.75 Å². The van der Waals surface area contributed by atoms with E-state index in [1.165, 1.54) is 24.4 Å². The molecule has 172 valence electrons. The summed E-state index contributed by atoms with van der Waals surface area (Å²) in [5.41, 5.74) is -0.189. The zero-order valence-electron chi connectivity index (χ0n) is 17.5. The number of amides is 1. The van der Waals surface area contributed by atoms with E-state index in [9.17, 15) is 22.8 Å². The molecule has 1 aromatic heterocycles. The van der Waals surface area contributed by atoms with E-state index in [2.05, 4.69) is 5.16 Å². The first-order chi connectivity index (χ1) is 15.8. The van der Waals surface area contributed by atoms with Crippen LogP contribution in [0, 0.1) is 0 Å². The van der Waals surface area contributed by atoms with E-state index in [4.69, 9.17) is 9.26 Å². The van der Waals surface area contributed by atoms with Gasteiger partial charge in [0.05, 0.1) is 11.8 Å². The van der Waals surface area contributed by atoms with E-state index >= 15 is 0 Å². The average Bonchev–Trinajstić information content (AvgIpc) is 3.34. The highest BCUT2D eigenvalue weighted by Crippen LogP contribution is 2.30. The van der Waals surface area contributed by atoms with Crippen molar-refractivity contribution in [2.24, 2.45) is 0 Å². The van der Waals surface area contributed by atoms with Crippen molar-refractivity contribution in [2.45, 2.75) is 31.5 Å². The Morgan fingerprint density at radius 3 is 2.52 bits per heavy atom. The summed E-state index contributed by atoms with van der Waals surface area (Å²) >= 11 is 0. The molecular formula is C24H21F3N2O4. The highest BCUT2D eigenvalue weighted by molar-refractivity contribution is 5.97.